The van der Waals surface area contributed by atoms with Crippen molar-refractivity contribution in [2.24, 2.45) is 19.3 Å². The van der Waals surface area contributed by atoms with Crippen LogP contribution in [0.3, 0.4) is 0 Å². The second kappa shape index (κ2) is 23.4. The minimum Gasteiger partial charge on any atom is -0.504 e. The number of phenols is 2. The van der Waals surface area contributed by atoms with E-state index in [2.05, 4.69) is 31.7 Å². The number of hydrogen-bond donors (Lipinski definition) is 9. The van der Waals surface area contributed by atoms with Crippen LogP contribution in [-0.2, 0) is 18.9 Å². The molecular weight excluding hydrogens is 823 g/mol. The van der Waals surface area contributed by atoms with Gasteiger partial charge in [0.25, 0.3) is 40.7 Å². The number of carbonyl (C=O) groups excluding carboxylic acids is 5. The van der Waals surface area contributed by atoms with Crippen LogP contribution in [0.4, 0.5) is 0 Å². The zero-order valence-electron chi connectivity index (χ0n) is 35.0. The first-order valence-electron chi connectivity index (χ1n) is 19.8. The number of carbonyl (C=O) groups is 5. The number of phenolic OH excluding ortho intramolecular Hbond substituents is 2. The van der Waals surface area contributed by atoms with E-state index in [0.29, 0.717) is 17.7 Å². The Labute approximate surface area is 361 Å². The summed E-state index contributed by atoms with van der Waals surface area (Å²) in [5.74, 6) is -6.29. The molecule has 4 rings (SSSR count). The summed E-state index contributed by atoms with van der Waals surface area (Å²) >= 11 is 0. The molecule has 21 heteroatoms. The van der Waals surface area contributed by atoms with Gasteiger partial charge in [-0.15, -0.1) is 0 Å². The molecule has 0 aliphatic heterocycles. The van der Waals surface area contributed by atoms with Gasteiger partial charge in [-0.25, -0.2) is 0 Å². The van der Waals surface area contributed by atoms with Gasteiger partial charge in [0.05, 0.1) is 35.0 Å². The maximum absolute atomic E-state index is 13.1. The van der Waals surface area contributed by atoms with Gasteiger partial charge < -0.3 is 61.0 Å². The Kier molecular flexibility index (Phi) is 17.8. The van der Waals surface area contributed by atoms with Crippen LogP contribution in [-0.4, -0.2) is 129 Å². The number of oxime groups is 1. The van der Waals surface area contributed by atoms with Crippen molar-refractivity contribution in [2.45, 2.75) is 19.8 Å². The number of aryl methyl sites for hydroxylation is 2. The molecule has 0 aliphatic rings. The van der Waals surface area contributed by atoms with Crippen LogP contribution in [0.2, 0.25) is 0 Å². The fourth-order valence-corrected chi connectivity index (χ4v) is 5.80. The van der Waals surface area contributed by atoms with Crippen LogP contribution in [0.5, 0.6) is 23.0 Å². The highest BCUT2D eigenvalue weighted by Crippen LogP contribution is 2.32. The SMILES string of the molecule is CCCCNC(=O)c1ccc(/C=N/OCCNC(=O)c2ccc(C(=O)NCCN(CCNC(=O)c3ccn(C)c(=O)c3O)CCNC(=O)c3ccn(C)c(=O)c3O)c(O)c2O)cc1. The molecule has 0 fully saturated rings. The zero-order chi connectivity index (χ0) is 46.1. The van der Waals surface area contributed by atoms with Crippen LogP contribution in [0, 0.1) is 0 Å². The second-order valence-corrected chi connectivity index (χ2v) is 14.0. The lowest BCUT2D eigenvalue weighted by Crippen LogP contribution is -2.43. The van der Waals surface area contributed by atoms with Crippen molar-refractivity contribution in [1.82, 2.24) is 40.6 Å². The van der Waals surface area contributed by atoms with Crippen molar-refractivity contribution in [3.05, 3.63) is 115 Å². The molecule has 0 aliphatic carbocycles. The van der Waals surface area contributed by atoms with Crippen LogP contribution in [0.15, 0.2) is 75.7 Å². The smallest absolute Gasteiger partial charge is 0.293 e. The number of pyridine rings is 2. The highest BCUT2D eigenvalue weighted by molar-refractivity contribution is 6.03. The molecule has 2 heterocycles. The molecule has 0 saturated carbocycles. The third-order valence-electron chi connectivity index (χ3n) is 9.50. The molecule has 0 unspecified atom stereocenters. The van der Waals surface area contributed by atoms with Crippen LogP contribution >= 0.6 is 0 Å². The van der Waals surface area contributed by atoms with E-state index in [1.54, 1.807) is 29.2 Å². The summed E-state index contributed by atoms with van der Waals surface area (Å²) in [7, 11) is 2.83. The Morgan fingerprint density at radius 1 is 0.587 bits per heavy atom. The van der Waals surface area contributed by atoms with Gasteiger partial charge in [0.2, 0.25) is 0 Å². The van der Waals surface area contributed by atoms with Crippen molar-refractivity contribution in [2.75, 3.05) is 59.0 Å². The van der Waals surface area contributed by atoms with Crippen molar-refractivity contribution in [3.8, 4) is 23.0 Å². The summed E-state index contributed by atoms with van der Waals surface area (Å²) in [5, 5.41) is 58.6. The van der Waals surface area contributed by atoms with Gasteiger partial charge in [-0.2, -0.15) is 0 Å². The number of nitrogens with zero attached hydrogens (tertiary/aromatic N) is 4. The van der Waals surface area contributed by atoms with Gasteiger partial charge in [-0.3, -0.25) is 38.5 Å². The first kappa shape index (κ1) is 48.0. The van der Waals surface area contributed by atoms with Gasteiger partial charge in [0.1, 0.15) is 6.61 Å². The molecule has 0 atom stereocenters. The standard InChI is InChI=1S/C42H51N9O12/c1-4-5-14-43-36(56)27-8-6-26(7-9-27)25-48-63-24-18-47-38(58)29-11-10-28(32(52)33(29)53)37(57)44-15-21-51(22-16-45-39(59)30-12-19-49(2)41(61)34(30)54)23-17-46-40(60)31-13-20-50(3)42(62)35(31)55/h6-13,19-20,25,52-55H,4-5,14-18,21-24H2,1-3H3,(H,43,56)(H,44,57)(H,45,59)(H,46,60)(H,47,58)/b48-25+. The average Bonchev–Trinajstić information content (AvgIpc) is 3.26. The summed E-state index contributed by atoms with van der Waals surface area (Å²) in [6, 6.07) is 11.6. The number of hydrogen-bond acceptors (Lipinski definition) is 14. The Balaban J connectivity index is 1.28. The van der Waals surface area contributed by atoms with Crippen molar-refractivity contribution < 1.29 is 49.2 Å². The molecule has 0 radical (unpaired) electrons. The number of aromatic nitrogens is 2. The molecule has 5 amide bonds. The molecule has 2 aromatic carbocycles. The van der Waals surface area contributed by atoms with Gasteiger partial charge in [-0.05, 0) is 48.4 Å². The Morgan fingerprint density at radius 2 is 1.00 bits per heavy atom. The third-order valence-corrected chi connectivity index (χ3v) is 9.50. The number of aromatic hydroxyl groups is 4. The fourth-order valence-electron chi connectivity index (χ4n) is 5.80. The van der Waals surface area contributed by atoms with Gasteiger partial charge in [0, 0.05) is 77.9 Å². The molecule has 63 heavy (non-hydrogen) atoms. The second-order valence-electron chi connectivity index (χ2n) is 14.0. The first-order valence-corrected chi connectivity index (χ1v) is 19.8. The topological polar surface area (TPSA) is 295 Å². The summed E-state index contributed by atoms with van der Waals surface area (Å²) in [6.07, 6.45) is 5.95. The molecule has 0 spiro atoms. The van der Waals surface area contributed by atoms with Crippen LogP contribution < -0.4 is 37.7 Å². The maximum Gasteiger partial charge on any atom is 0.293 e. The molecule has 336 valence electrons. The minimum atomic E-state index is -0.842. The molecule has 4 aromatic rings. The minimum absolute atomic E-state index is 0.00153. The highest BCUT2D eigenvalue weighted by Gasteiger charge is 2.22. The average molecular weight is 874 g/mol. The van der Waals surface area contributed by atoms with Crippen molar-refractivity contribution in [1.29, 1.82) is 0 Å². The fraction of sp³-hybridized carbons (Fsp3) is 0.333. The van der Waals surface area contributed by atoms with Crippen molar-refractivity contribution in [3.63, 3.8) is 0 Å². The predicted molar refractivity (Wildman–Crippen MR) is 229 cm³/mol. The molecule has 21 nitrogen and oxygen atoms in total. The Hall–Kier alpha value is -7.68. The largest absolute Gasteiger partial charge is 0.504 e. The Morgan fingerprint density at radius 3 is 1.44 bits per heavy atom. The lowest BCUT2D eigenvalue weighted by molar-refractivity contribution is 0.0910. The van der Waals surface area contributed by atoms with Gasteiger partial charge in [-0.1, -0.05) is 30.6 Å². The highest BCUT2D eigenvalue weighted by atomic mass is 16.6. The summed E-state index contributed by atoms with van der Waals surface area (Å²) in [4.78, 5) is 94.5. The van der Waals surface area contributed by atoms with E-state index >= 15 is 0 Å². The quantitative estimate of drug-likeness (QED) is 0.0220. The third kappa shape index (κ3) is 13.4. The predicted octanol–water partition coefficient (Wildman–Crippen LogP) is 0.109. The van der Waals surface area contributed by atoms with E-state index in [-0.39, 0.29) is 80.6 Å². The number of amides is 5. The van der Waals surface area contributed by atoms with E-state index in [1.165, 1.54) is 44.8 Å². The molecule has 9 N–H and O–H groups in total. The van der Waals surface area contributed by atoms with Crippen LogP contribution in [0.1, 0.15) is 77.1 Å². The molecule has 0 bridgehead atoms. The van der Waals surface area contributed by atoms with Crippen molar-refractivity contribution >= 4 is 35.8 Å². The molecule has 0 saturated heterocycles. The summed E-state index contributed by atoms with van der Waals surface area (Å²) in [6.45, 7) is 2.92. The van der Waals surface area contributed by atoms with E-state index in [0.717, 1.165) is 34.1 Å². The normalized spacial score (nSPS) is 11.0. The van der Waals surface area contributed by atoms with E-state index < -0.39 is 57.7 Å². The zero-order valence-corrected chi connectivity index (χ0v) is 35.0. The summed E-state index contributed by atoms with van der Waals surface area (Å²) < 4.78 is 2.21. The van der Waals surface area contributed by atoms with Gasteiger partial charge in [0.15, 0.2) is 23.0 Å². The van der Waals surface area contributed by atoms with E-state index in [4.69, 9.17) is 4.84 Å². The monoisotopic (exact) mass is 873 g/mol. The number of unbranched alkanes of at least 4 members (excludes halogenated alkanes) is 1. The first-order chi connectivity index (χ1) is 30.1. The van der Waals surface area contributed by atoms with E-state index in [9.17, 15) is 54.0 Å². The maximum atomic E-state index is 13.1. The molecule has 2 aromatic heterocycles. The van der Waals surface area contributed by atoms with Gasteiger partial charge >= 0.3 is 0 Å². The van der Waals surface area contributed by atoms with E-state index in [1.807, 2.05) is 6.92 Å². The summed E-state index contributed by atoms with van der Waals surface area (Å²) in [5.41, 5.74) is -1.44. The Bertz CT molecular complexity index is 2350. The number of rotatable bonds is 22. The lowest BCUT2D eigenvalue weighted by Gasteiger charge is -2.23. The lowest BCUT2D eigenvalue weighted by atomic mass is 10.1. The van der Waals surface area contributed by atoms with Crippen LogP contribution in [0.25, 0.3) is 0 Å². The number of nitrogens with one attached hydrogen (secondary N) is 5. The molecular formula is C42H51N9O12. The number of benzene rings is 2.